The molecule has 38 heavy (non-hydrogen) atoms. The summed E-state index contributed by atoms with van der Waals surface area (Å²) in [6, 6.07) is 45.5. The first-order chi connectivity index (χ1) is 18.7. The number of hydrogen-bond donors (Lipinski definition) is 0. The summed E-state index contributed by atoms with van der Waals surface area (Å²) in [6.45, 7) is 0.661. The highest BCUT2D eigenvalue weighted by molar-refractivity contribution is 6.14. The largest absolute Gasteiger partial charge is 0.338 e. The summed E-state index contributed by atoms with van der Waals surface area (Å²) in [5, 5.41) is 0. The molecule has 1 aliphatic carbocycles. The Balaban J connectivity index is 1.51. The van der Waals surface area contributed by atoms with Crippen LogP contribution in [0.1, 0.15) is 50.0 Å². The van der Waals surface area contributed by atoms with Crippen molar-refractivity contribution in [3.63, 3.8) is 0 Å². The number of hydrogen-bond acceptors (Lipinski definition) is 3. The maximum absolute atomic E-state index is 13.9. The van der Waals surface area contributed by atoms with Crippen LogP contribution in [-0.2, 0) is 23.3 Å². The third-order valence-corrected chi connectivity index (χ3v) is 7.78. The molecule has 1 aliphatic heterocycles. The Morgan fingerprint density at radius 2 is 1.24 bits per heavy atom. The monoisotopic (exact) mass is 493 g/mol. The normalized spacial score (nSPS) is 19.5. The quantitative estimate of drug-likeness (QED) is 0.255. The maximum Gasteiger partial charge on any atom is 0.193 e. The van der Waals surface area contributed by atoms with Gasteiger partial charge >= 0.3 is 0 Å². The Hall–Kier alpha value is -4.47. The van der Waals surface area contributed by atoms with Crippen LogP contribution in [0.2, 0.25) is 0 Å². The molecule has 0 aromatic heterocycles. The zero-order valence-electron chi connectivity index (χ0n) is 21.0. The van der Waals surface area contributed by atoms with Crippen molar-refractivity contribution in [3.05, 3.63) is 172 Å². The van der Waals surface area contributed by atoms with Crippen LogP contribution in [-0.4, -0.2) is 5.78 Å². The molecular weight excluding hydrogens is 466 g/mol. The van der Waals surface area contributed by atoms with Crippen LogP contribution in [0, 0.1) is 0 Å². The number of nitrogens with zero attached hydrogens (tertiary/aromatic N) is 1. The van der Waals surface area contributed by atoms with E-state index in [0.29, 0.717) is 13.0 Å². The Morgan fingerprint density at radius 1 is 0.632 bits per heavy atom. The first kappa shape index (κ1) is 22.7. The van der Waals surface area contributed by atoms with Gasteiger partial charge in [0, 0.05) is 40.9 Å². The second kappa shape index (κ2) is 9.13. The highest BCUT2D eigenvalue weighted by Gasteiger charge is 2.52. The Kier molecular flexibility index (Phi) is 5.45. The lowest BCUT2D eigenvalue weighted by molar-refractivity contribution is -0.0880. The van der Waals surface area contributed by atoms with Crippen LogP contribution in [0.25, 0.3) is 0 Å². The fraction of sp³-hybridized carbons (Fsp3) is 0.114. The molecule has 0 spiro atoms. The summed E-state index contributed by atoms with van der Waals surface area (Å²) < 4.78 is 7.41. The molecule has 2 atom stereocenters. The third kappa shape index (κ3) is 3.59. The molecule has 2 unspecified atom stereocenters. The van der Waals surface area contributed by atoms with Crippen LogP contribution >= 0.6 is 0 Å². The van der Waals surface area contributed by atoms with Gasteiger partial charge in [-0.2, -0.15) is 0 Å². The van der Waals surface area contributed by atoms with E-state index >= 15 is 0 Å². The molecule has 5 aromatic rings. The van der Waals surface area contributed by atoms with E-state index < -0.39 is 5.60 Å². The average Bonchev–Trinajstić information content (AvgIpc) is 2.98. The maximum atomic E-state index is 13.9. The predicted molar refractivity (Wildman–Crippen MR) is 150 cm³/mol. The number of anilines is 1. The minimum Gasteiger partial charge on any atom is -0.338 e. The predicted octanol–water partition coefficient (Wildman–Crippen LogP) is 7.45. The molecule has 1 heterocycles. The molecule has 0 saturated heterocycles. The van der Waals surface area contributed by atoms with Crippen LogP contribution in [0.15, 0.2) is 133 Å². The first-order valence-corrected chi connectivity index (χ1v) is 13.1. The van der Waals surface area contributed by atoms with E-state index in [4.69, 9.17) is 4.74 Å². The van der Waals surface area contributed by atoms with Gasteiger partial charge in [0.25, 0.3) is 0 Å². The molecular formula is C35H27NO2. The second-order valence-corrected chi connectivity index (χ2v) is 10.1. The number of rotatable bonds is 5. The van der Waals surface area contributed by atoms with Crippen molar-refractivity contribution in [1.82, 2.24) is 0 Å². The number of ketones is 1. The minimum atomic E-state index is -0.814. The summed E-state index contributed by atoms with van der Waals surface area (Å²) in [4.78, 5) is 16.2. The second-order valence-electron chi connectivity index (χ2n) is 10.1. The standard InChI is InChI=1S/C35H27NO2/c37-33-28-19-10-11-21-30(28)35(23-25-13-4-1-5-14-25)32-29(33)20-12-22-31(32)36(24-26-15-6-2-7-16-26)34(38-35)27-17-8-3-9-18-27/h1-22,34H,23-24H2. The molecule has 5 aromatic carbocycles. The lowest BCUT2D eigenvalue weighted by Gasteiger charge is -2.51. The van der Waals surface area contributed by atoms with E-state index in [1.807, 2.05) is 48.5 Å². The molecule has 0 bridgehead atoms. The van der Waals surface area contributed by atoms with E-state index in [9.17, 15) is 4.79 Å². The van der Waals surface area contributed by atoms with Gasteiger partial charge < -0.3 is 9.64 Å². The molecule has 3 heteroatoms. The van der Waals surface area contributed by atoms with Crippen molar-refractivity contribution < 1.29 is 9.53 Å². The fourth-order valence-corrected chi connectivity index (χ4v) is 6.13. The topological polar surface area (TPSA) is 29.5 Å². The van der Waals surface area contributed by atoms with Gasteiger partial charge in [0.05, 0.1) is 0 Å². The Bertz CT molecular complexity index is 1610. The van der Waals surface area contributed by atoms with Gasteiger partial charge in [-0.05, 0) is 22.8 Å². The molecule has 0 fully saturated rings. The van der Waals surface area contributed by atoms with Crippen LogP contribution < -0.4 is 4.90 Å². The van der Waals surface area contributed by atoms with Gasteiger partial charge in [0.15, 0.2) is 12.0 Å². The van der Waals surface area contributed by atoms with E-state index in [1.165, 1.54) is 11.1 Å². The summed E-state index contributed by atoms with van der Waals surface area (Å²) in [7, 11) is 0. The third-order valence-electron chi connectivity index (χ3n) is 7.78. The van der Waals surface area contributed by atoms with Crippen LogP contribution in [0.4, 0.5) is 5.69 Å². The molecule has 0 amide bonds. The SMILES string of the molecule is O=C1c2ccccc2C2(Cc3ccccc3)OC(c3ccccc3)N(Cc3ccccc3)c3cccc1c32. The molecule has 7 rings (SSSR count). The van der Waals surface area contributed by atoms with Crippen molar-refractivity contribution in [2.75, 3.05) is 4.90 Å². The molecule has 2 aliphatic rings. The van der Waals surface area contributed by atoms with Crippen molar-refractivity contribution in [1.29, 1.82) is 0 Å². The fourth-order valence-electron chi connectivity index (χ4n) is 6.13. The van der Waals surface area contributed by atoms with Crippen molar-refractivity contribution >= 4 is 11.5 Å². The van der Waals surface area contributed by atoms with Crippen LogP contribution in [0.3, 0.4) is 0 Å². The average molecular weight is 494 g/mol. The summed E-state index contributed by atoms with van der Waals surface area (Å²) in [5.41, 5.74) is 7.02. The number of benzene rings is 5. The number of carbonyl (C=O) groups excluding carboxylic acids is 1. The molecule has 0 radical (unpaired) electrons. The van der Waals surface area contributed by atoms with Gasteiger partial charge in [-0.3, -0.25) is 4.79 Å². The van der Waals surface area contributed by atoms with E-state index in [0.717, 1.165) is 33.5 Å². The zero-order valence-corrected chi connectivity index (χ0v) is 21.0. The van der Waals surface area contributed by atoms with Gasteiger partial charge in [-0.1, -0.05) is 127 Å². The van der Waals surface area contributed by atoms with E-state index in [2.05, 4.69) is 89.8 Å². The van der Waals surface area contributed by atoms with Gasteiger partial charge in [-0.25, -0.2) is 0 Å². The molecule has 3 nitrogen and oxygen atoms in total. The lowest BCUT2D eigenvalue weighted by Crippen LogP contribution is -2.49. The first-order valence-electron chi connectivity index (χ1n) is 13.1. The van der Waals surface area contributed by atoms with Gasteiger partial charge in [-0.15, -0.1) is 0 Å². The van der Waals surface area contributed by atoms with Crippen LogP contribution in [0.5, 0.6) is 0 Å². The number of fused-ring (bicyclic) bond motifs is 2. The highest BCUT2D eigenvalue weighted by atomic mass is 16.5. The summed E-state index contributed by atoms with van der Waals surface area (Å²) >= 11 is 0. The van der Waals surface area contributed by atoms with E-state index in [1.54, 1.807) is 0 Å². The number of carbonyl (C=O) groups is 1. The lowest BCUT2D eigenvalue weighted by atomic mass is 9.69. The zero-order chi connectivity index (χ0) is 25.5. The molecule has 0 saturated carbocycles. The Morgan fingerprint density at radius 3 is 1.97 bits per heavy atom. The smallest absolute Gasteiger partial charge is 0.193 e. The molecule has 184 valence electrons. The van der Waals surface area contributed by atoms with Gasteiger partial charge in [0.1, 0.15) is 5.60 Å². The van der Waals surface area contributed by atoms with Crippen molar-refractivity contribution in [2.24, 2.45) is 0 Å². The Labute approximate surface area is 223 Å². The summed E-state index contributed by atoms with van der Waals surface area (Å²) in [5.74, 6) is 0.0579. The van der Waals surface area contributed by atoms with Crippen molar-refractivity contribution in [3.8, 4) is 0 Å². The number of ether oxygens (including phenoxy) is 1. The van der Waals surface area contributed by atoms with Crippen molar-refractivity contribution in [2.45, 2.75) is 24.8 Å². The van der Waals surface area contributed by atoms with E-state index in [-0.39, 0.29) is 12.0 Å². The minimum absolute atomic E-state index is 0.0579. The molecule has 0 N–H and O–H groups in total. The highest BCUT2D eigenvalue weighted by Crippen LogP contribution is 2.55. The summed E-state index contributed by atoms with van der Waals surface area (Å²) in [6.07, 6.45) is 0.286. The van der Waals surface area contributed by atoms with Gasteiger partial charge in [0.2, 0.25) is 0 Å².